The molecule has 0 heterocycles. The van der Waals surface area contributed by atoms with Gasteiger partial charge in [-0.1, -0.05) is 25.5 Å². The third-order valence-corrected chi connectivity index (χ3v) is 2.62. The van der Waals surface area contributed by atoms with Crippen LogP contribution in [0.4, 0.5) is 4.39 Å². The summed E-state index contributed by atoms with van der Waals surface area (Å²) in [6.07, 6.45) is 3.03. The Morgan fingerprint density at radius 2 is 2.07 bits per heavy atom. The molecule has 2 heteroatoms. The monoisotopic (exact) mass is 210 g/mol. The van der Waals surface area contributed by atoms with E-state index in [9.17, 15) is 9.50 Å². The summed E-state index contributed by atoms with van der Waals surface area (Å²) in [6, 6.07) is 5.28. The Morgan fingerprint density at radius 3 is 2.67 bits per heavy atom. The van der Waals surface area contributed by atoms with E-state index in [-0.39, 0.29) is 11.9 Å². The number of hydrogen-bond donors (Lipinski definition) is 1. The Balaban J connectivity index is 2.47. The number of hydrogen-bond acceptors (Lipinski definition) is 1. The van der Waals surface area contributed by atoms with Crippen molar-refractivity contribution in [2.45, 2.75) is 45.6 Å². The van der Waals surface area contributed by atoms with Crippen molar-refractivity contribution in [2.75, 3.05) is 0 Å². The van der Waals surface area contributed by atoms with Crippen LogP contribution in [-0.4, -0.2) is 11.2 Å². The molecule has 1 atom stereocenters. The van der Waals surface area contributed by atoms with E-state index in [0.717, 1.165) is 31.2 Å². The maximum absolute atomic E-state index is 13.2. The van der Waals surface area contributed by atoms with E-state index in [1.165, 1.54) is 0 Å². The summed E-state index contributed by atoms with van der Waals surface area (Å²) in [5.74, 6) is -0.155. The number of aliphatic hydroxyl groups excluding tert-OH is 1. The predicted octanol–water partition coefficient (Wildman–Crippen LogP) is 3.23. The zero-order valence-corrected chi connectivity index (χ0v) is 9.46. The molecule has 0 aliphatic heterocycles. The van der Waals surface area contributed by atoms with Gasteiger partial charge in [0.05, 0.1) is 6.10 Å². The van der Waals surface area contributed by atoms with Crippen LogP contribution in [0.1, 0.15) is 37.3 Å². The van der Waals surface area contributed by atoms with Gasteiger partial charge in [-0.25, -0.2) is 4.39 Å². The third kappa shape index (κ3) is 4.00. The molecule has 0 radical (unpaired) electrons. The van der Waals surface area contributed by atoms with Crippen LogP contribution in [-0.2, 0) is 6.42 Å². The Hall–Kier alpha value is -0.890. The van der Waals surface area contributed by atoms with Crippen LogP contribution in [0.2, 0.25) is 0 Å². The van der Waals surface area contributed by atoms with Gasteiger partial charge in [0.25, 0.3) is 0 Å². The zero-order valence-electron chi connectivity index (χ0n) is 9.46. The molecule has 0 spiro atoms. The van der Waals surface area contributed by atoms with Crippen LogP contribution in [0.15, 0.2) is 18.2 Å². The summed E-state index contributed by atoms with van der Waals surface area (Å²) in [5.41, 5.74) is 1.64. The molecule has 0 bridgehead atoms. The lowest BCUT2D eigenvalue weighted by molar-refractivity contribution is 0.154. The fourth-order valence-corrected chi connectivity index (χ4v) is 1.60. The standard InChI is InChI=1S/C13H19FO/c1-3-4-12(15)8-7-11-6-5-10(2)13(14)9-11/h5-6,9,12,15H,3-4,7-8H2,1-2H3. The van der Waals surface area contributed by atoms with E-state index < -0.39 is 0 Å². The molecule has 1 unspecified atom stereocenters. The molecule has 0 saturated heterocycles. The SMILES string of the molecule is CCCC(O)CCc1ccc(C)c(F)c1. The molecule has 1 rings (SSSR count). The van der Waals surface area contributed by atoms with Crippen molar-refractivity contribution in [3.8, 4) is 0 Å². The average Bonchev–Trinajstić information content (AvgIpc) is 2.20. The van der Waals surface area contributed by atoms with Crippen molar-refractivity contribution >= 4 is 0 Å². The molecule has 0 aliphatic carbocycles. The summed E-state index contributed by atoms with van der Waals surface area (Å²) in [6.45, 7) is 3.81. The number of aliphatic hydroxyl groups is 1. The molecular formula is C13H19FO. The van der Waals surface area contributed by atoms with Gasteiger partial charge in [0.15, 0.2) is 0 Å². The van der Waals surface area contributed by atoms with Crippen molar-refractivity contribution in [1.82, 2.24) is 0 Å². The van der Waals surface area contributed by atoms with E-state index in [1.54, 1.807) is 19.1 Å². The van der Waals surface area contributed by atoms with Gasteiger partial charge in [0, 0.05) is 0 Å². The number of aryl methyl sites for hydroxylation is 2. The maximum Gasteiger partial charge on any atom is 0.126 e. The summed E-state index contributed by atoms with van der Waals surface area (Å²) < 4.78 is 13.2. The highest BCUT2D eigenvalue weighted by molar-refractivity contribution is 5.23. The predicted molar refractivity (Wildman–Crippen MR) is 60.4 cm³/mol. The van der Waals surface area contributed by atoms with Crippen LogP contribution in [0.3, 0.4) is 0 Å². The van der Waals surface area contributed by atoms with Gasteiger partial charge in [-0.2, -0.15) is 0 Å². The largest absolute Gasteiger partial charge is 0.393 e. The Labute approximate surface area is 90.9 Å². The smallest absolute Gasteiger partial charge is 0.126 e. The molecule has 0 saturated carbocycles. The van der Waals surface area contributed by atoms with Crippen LogP contribution >= 0.6 is 0 Å². The first-order chi connectivity index (χ1) is 7.13. The molecule has 0 amide bonds. The van der Waals surface area contributed by atoms with E-state index in [4.69, 9.17) is 0 Å². The van der Waals surface area contributed by atoms with Crippen molar-refractivity contribution in [3.05, 3.63) is 35.1 Å². The highest BCUT2D eigenvalue weighted by Crippen LogP contribution is 2.12. The number of rotatable bonds is 5. The molecule has 0 aliphatic rings. The maximum atomic E-state index is 13.2. The lowest BCUT2D eigenvalue weighted by Gasteiger charge is -2.09. The fraction of sp³-hybridized carbons (Fsp3) is 0.538. The summed E-state index contributed by atoms with van der Waals surface area (Å²) in [5, 5.41) is 9.54. The molecule has 0 aromatic heterocycles. The number of benzene rings is 1. The van der Waals surface area contributed by atoms with Gasteiger partial charge in [-0.15, -0.1) is 0 Å². The van der Waals surface area contributed by atoms with Crippen LogP contribution in [0, 0.1) is 12.7 Å². The second-order valence-corrected chi connectivity index (χ2v) is 4.06. The quantitative estimate of drug-likeness (QED) is 0.791. The molecule has 1 N–H and O–H groups in total. The van der Waals surface area contributed by atoms with Gasteiger partial charge >= 0.3 is 0 Å². The fourth-order valence-electron chi connectivity index (χ4n) is 1.60. The third-order valence-electron chi connectivity index (χ3n) is 2.62. The van der Waals surface area contributed by atoms with Crippen molar-refractivity contribution in [3.63, 3.8) is 0 Å². The first kappa shape index (κ1) is 12.2. The van der Waals surface area contributed by atoms with E-state index in [0.29, 0.717) is 5.56 Å². The first-order valence-corrected chi connectivity index (χ1v) is 5.56. The van der Waals surface area contributed by atoms with Gasteiger partial charge in [0.2, 0.25) is 0 Å². The Morgan fingerprint density at radius 1 is 1.33 bits per heavy atom. The minimum absolute atomic E-state index is 0.155. The van der Waals surface area contributed by atoms with Crippen molar-refractivity contribution in [1.29, 1.82) is 0 Å². The number of halogens is 1. The molecule has 1 aromatic carbocycles. The highest BCUT2D eigenvalue weighted by atomic mass is 19.1. The van der Waals surface area contributed by atoms with E-state index in [2.05, 4.69) is 6.92 Å². The molecule has 0 fully saturated rings. The van der Waals surface area contributed by atoms with Gasteiger partial charge in [-0.3, -0.25) is 0 Å². The van der Waals surface area contributed by atoms with Gasteiger partial charge < -0.3 is 5.11 Å². The molecule has 1 nitrogen and oxygen atoms in total. The second-order valence-electron chi connectivity index (χ2n) is 4.06. The second kappa shape index (κ2) is 5.86. The van der Waals surface area contributed by atoms with Crippen molar-refractivity contribution < 1.29 is 9.50 Å². The molecule has 84 valence electrons. The minimum Gasteiger partial charge on any atom is -0.393 e. The summed E-state index contributed by atoms with van der Waals surface area (Å²) in [7, 11) is 0. The first-order valence-electron chi connectivity index (χ1n) is 5.56. The average molecular weight is 210 g/mol. The van der Waals surface area contributed by atoms with Crippen LogP contribution < -0.4 is 0 Å². The van der Waals surface area contributed by atoms with E-state index >= 15 is 0 Å². The van der Waals surface area contributed by atoms with Crippen molar-refractivity contribution in [2.24, 2.45) is 0 Å². The topological polar surface area (TPSA) is 20.2 Å². The summed E-state index contributed by atoms with van der Waals surface area (Å²) >= 11 is 0. The highest BCUT2D eigenvalue weighted by Gasteiger charge is 2.04. The summed E-state index contributed by atoms with van der Waals surface area (Å²) in [4.78, 5) is 0. The lowest BCUT2D eigenvalue weighted by atomic mass is 10.0. The minimum atomic E-state index is -0.251. The lowest BCUT2D eigenvalue weighted by Crippen LogP contribution is -2.07. The zero-order chi connectivity index (χ0) is 11.3. The molecule has 1 aromatic rings. The van der Waals surface area contributed by atoms with Gasteiger partial charge in [-0.05, 0) is 43.4 Å². The van der Waals surface area contributed by atoms with E-state index in [1.807, 2.05) is 6.07 Å². The van der Waals surface area contributed by atoms with Gasteiger partial charge in [0.1, 0.15) is 5.82 Å². The normalized spacial score (nSPS) is 12.8. The molecular weight excluding hydrogens is 191 g/mol. The van der Waals surface area contributed by atoms with Crippen LogP contribution in [0.25, 0.3) is 0 Å². The van der Waals surface area contributed by atoms with Crippen LogP contribution in [0.5, 0.6) is 0 Å². The molecule has 15 heavy (non-hydrogen) atoms. The Kier molecular flexibility index (Phi) is 4.76. The Bertz CT molecular complexity index is 309.